The Hall–Kier alpha value is -1.35. The average molecular weight is 406 g/mol. The quantitative estimate of drug-likeness (QED) is 0.571. The SMILES string of the molecule is CC(C)(C)OC(=O)NCC(=O)N1CCc2c(Cl)ccnc2C1CC(=O)[O-].[Na+]. The summed E-state index contributed by atoms with van der Waals surface area (Å²) >= 11 is 6.16. The number of carbonyl (C=O) groups is 3. The molecular weight excluding hydrogens is 385 g/mol. The third kappa shape index (κ3) is 6.64. The third-order valence-electron chi connectivity index (χ3n) is 3.79. The molecule has 0 spiro atoms. The zero-order valence-corrected chi connectivity index (χ0v) is 18.6. The Morgan fingerprint density at radius 1 is 1.41 bits per heavy atom. The maximum absolute atomic E-state index is 12.5. The van der Waals surface area contributed by atoms with Crippen molar-refractivity contribution >= 4 is 29.6 Å². The van der Waals surface area contributed by atoms with Crippen molar-refractivity contribution < 1.29 is 53.8 Å². The van der Waals surface area contributed by atoms with E-state index >= 15 is 0 Å². The molecule has 0 fully saturated rings. The number of hydrogen-bond donors (Lipinski definition) is 1. The van der Waals surface area contributed by atoms with Crippen molar-refractivity contribution in [2.45, 2.75) is 45.3 Å². The van der Waals surface area contributed by atoms with Gasteiger partial charge in [-0.1, -0.05) is 11.6 Å². The van der Waals surface area contributed by atoms with Gasteiger partial charge in [0.15, 0.2) is 0 Å². The monoisotopic (exact) mass is 405 g/mol. The van der Waals surface area contributed by atoms with Gasteiger partial charge in [-0.15, -0.1) is 0 Å². The predicted molar refractivity (Wildman–Crippen MR) is 91.3 cm³/mol. The smallest absolute Gasteiger partial charge is 0.550 e. The van der Waals surface area contributed by atoms with Gasteiger partial charge >= 0.3 is 35.7 Å². The van der Waals surface area contributed by atoms with Crippen LogP contribution in [0.1, 0.15) is 44.5 Å². The molecule has 0 saturated carbocycles. The molecule has 1 aliphatic heterocycles. The van der Waals surface area contributed by atoms with Crippen molar-refractivity contribution in [1.29, 1.82) is 0 Å². The van der Waals surface area contributed by atoms with Crippen LogP contribution in [-0.4, -0.2) is 46.5 Å². The maximum atomic E-state index is 12.5. The Morgan fingerprint density at radius 2 is 2.07 bits per heavy atom. The van der Waals surface area contributed by atoms with E-state index in [0.717, 1.165) is 5.56 Å². The van der Waals surface area contributed by atoms with E-state index < -0.39 is 36.0 Å². The van der Waals surface area contributed by atoms with Crippen LogP contribution in [0.3, 0.4) is 0 Å². The van der Waals surface area contributed by atoms with Crippen LogP contribution in [0.2, 0.25) is 5.02 Å². The molecule has 142 valence electrons. The largest absolute Gasteiger partial charge is 1.00 e. The summed E-state index contributed by atoms with van der Waals surface area (Å²) in [5.41, 5.74) is 0.484. The second-order valence-corrected chi connectivity index (χ2v) is 7.35. The molecule has 27 heavy (non-hydrogen) atoms. The molecule has 2 amide bonds. The molecule has 1 aromatic rings. The Labute approximate surface area is 184 Å². The molecule has 10 heteroatoms. The van der Waals surface area contributed by atoms with Crippen molar-refractivity contribution in [1.82, 2.24) is 15.2 Å². The fourth-order valence-electron chi connectivity index (χ4n) is 2.78. The number of hydrogen-bond acceptors (Lipinski definition) is 6. The van der Waals surface area contributed by atoms with Gasteiger partial charge in [0, 0.05) is 30.2 Å². The number of ether oxygens (including phenoxy) is 1. The van der Waals surface area contributed by atoms with Gasteiger partial charge in [0.1, 0.15) is 12.1 Å². The van der Waals surface area contributed by atoms with Gasteiger partial charge in [-0.3, -0.25) is 9.78 Å². The van der Waals surface area contributed by atoms with Gasteiger partial charge in [-0.2, -0.15) is 0 Å². The van der Waals surface area contributed by atoms with Gasteiger partial charge in [0.25, 0.3) is 0 Å². The molecule has 2 heterocycles. The summed E-state index contributed by atoms with van der Waals surface area (Å²) < 4.78 is 5.08. The molecule has 1 atom stereocenters. The van der Waals surface area contributed by atoms with Gasteiger partial charge in [0.05, 0.1) is 11.7 Å². The van der Waals surface area contributed by atoms with E-state index in [9.17, 15) is 19.5 Å². The molecule has 8 nitrogen and oxygen atoms in total. The Kier molecular flexibility index (Phi) is 8.53. The summed E-state index contributed by atoms with van der Waals surface area (Å²) in [6, 6.07) is 0.827. The van der Waals surface area contributed by atoms with E-state index in [0.29, 0.717) is 17.1 Å². The number of amides is 2. The van der Waals surface area contributed by atoms with E-state index in [4.69, 9.17) is 16.3 Å². The fraction of sp³-hybridized carbons (Fsp3) is 0.529. The second-order valence-electron chi connectivity index (χ2n) is 6.94. The van der Waals surface area contributed by atoms with Crippen LogP contribution in [0.15, 0.2) is 12.3 Å². The van der Waals surface area contributed by atoms with Crippen LogP contribution in [0.25, 0.3) is 0 Å². The van der Waals surface area contributed by atoms with Crippen LogP contribution in [0.4, 0.5) is 4.79 Å². The summed E-state index contributed by atoms with van der Waals surface area (Å²) in [5, 5.41) is 14.0. The standard InChI is InChI=1S/C17H22ClN3O5.Na/c1-17(2,3)26-16(25)20-9-13(22)21-7-5-10-11(18)4-6-19-15(10)12(21)8-14(23)24;/h4,6,12H,5,7-9H2,1-3H3,(H,20,25)(H,23,24);/q;+1/p-1. The molecule has 0 radical (unpaired) electrons. The number of carbonyl (C=O) groups excluding carboxylic acids is 3. The van der Waals surface area contributed by atoms with Crippen molar-refractivity contribution in [3.63, 3.8) is 0 Å². The summed E-state index contributed by atoms with van der Waals surface area (Å²) in [4.78, 5) is 41.0. The molecular formula is C17H21ClN3NaO5. The van der Waals surface area contributed by atoms with Crippen LogP contribution in [0.5, 0.6) is 0 Å². The minimum absolute atomic E-state index is 0. The first-order valence-electron chi connectivity index (χ1n) is 8.18. The number of carboxylic acid groups (broad SMARTS) is 1. The molecule has 1 aromatic heterocycles. The Balaban J connectivity index is 0.00000364. The van der Waals surface area contributed by atoms with Crippen LogP contribution in [0, 0.1) is 0 Å². The van der Waals surface area contributed by atoms with E-state index in [2.05, 4.69) is 10.3 Å². The minimum atomic E-state index is -1.30. The fourth-order valence-corrected chi connectivity index (χ4v) is 3.03. The molecule has 1 unspecified atom stereocenters. The average Bonchev–Trinajstić information content (AvgIpc) is 2.51. The zero-order chi connectivity index (χ0) is 19.5. The zero-order valence-electron chi connectivity index (χ0n) is 15.9. The molecule has 2 rings (SSSR count). The number of nitrogens with one attached hydrogen (secondary N) is 1. The number of aliphatic carboxylic acids is 1. The van der Waals surface area contributed by atoms with Crippen LogP contribution in [-0.2, 0) is 20.7 Å². The normalized spacial score (nSPS) is 16.0. The first kappa shape index (κ1) is 23.7. The Bertz CT molecular complexity index is 723. The van der Waals surface area contributed by atoms with E-state index in [1.807, 2.05) is 0 Å². The molecule has 1 N–H and O–H groups in total. The van der Waals surface area contributed by atoms with E-state index in [1.54, 1.807) is 26.8 Å². The first-order chi connectivity index (χ1) is 12.1. The van der Waals surface area contributed by atoms with Crippen LogP contribution >= 0.6 is 11.6 Å². The van der Waals surface area contributed by atoms with Crippen molar-refractivity contribution in [2.75, 3.05) is 13.1 Å². The van der Waals surface area contributed by atoms with Crippen molar-refractivity contribution in [3.8, 4) is 0 Å². The molecule has 1 aliphatic rings. The number of nitrogens with zero attached hydrogens (tertiary/aromatic N) is 2. The first-order valence-corrected chi connectivity index (χ1v) is 8.55. The summed E-state index contributed by atoms with van der Waals surface area (Å²) in [6.45, 7) is 5.09. The van der Waals surface area contributed by atoms with E-state index in [1.165, 1.54) is 11.1 Å². The summed E-state index contributed by atoms with van der Waals surface area (Å²) in [6.07, 6.45) is 0.791. The number of pyridine rings is 1. The number of alkyl carbamates (subject to hydrolysis) is 1. The summed E-state index contributed by atoms with van der Waals surface area (Å²) in [7, 11) is 0. The Morgan fingerprint density at radius 3 is 2.67 bits per heavy atom. The van der Waals surface area contributed by atoms with Crippen molar-refractivity contribution in [3.05, 3.63) is 28.5 Å². The number of fused-ring (bicyclic) bond motifs is 1. The van der Waals surface area contributed by atoms with Crippen molar-refractivity contribution in [2.24, 2.45) is 0 Å². The number of halogens is 1. The molecule has 0 saturated heterocycles. The predicted octanol–water partition coefficient (Wildman–Crippen LogP) is -2.17. The van der Waals surface area contributed by atoms with Gasteiger partial charge in [-0.25, -0.2) is 4.79 Å². The van der Waals surface area contributed by atoms with Gasteiger partial charge < -0.3 is 24.9 Å². The van der Waals surface area contributed by atoms with Crippen LogP contribution < -0.4 is 40.0 Å². The number of aromatic nitrogens is 1. The molecule has 0 bridgehead atoms. The molecule has 0 aromatic carbocycles. The van der Waals surface area contributed by atoms with E-state index in [-0.39, 0.29) is 42.6 Å². The van der Waals surface area contributed by atoms with Gasteiger partial charge in [0.2, 0.25) is 5.91 Å². The topological polar surface area (TPSA) is 112 Å². The third-order valence-corrected chi connectivity index (χ3v) is 4.14. The summed E-state index contributed by atoms with van der Waals surface area (Å²) in [5.74, 6) is -1.74. The van der Waals surface area contributed by atoms with Gasteiger partial charge in [-0.05, 0) is 38.8 Å². The maximum Gasteiger partial charge on any atom is 1.00 e. The minimum Gasteiger partial charge on any atom is -0.550 e. The number of carboxylic acids is 1. The number of rotatable bonds is 4. The second kappa shape index (κ2) is 9.73. The molecule has 0 aliphatic carbocycles.